The molecular weight excluding hydrogens is 376 g/mol. The van der Waals surface area contributed by atoms with Crippen LogP contribution in [0.5, 0.6) is 5.75 Å². The highest BCUT2D eigenvalue weighted by molar-refractivity contribution is 7.92. The number of hydrogen-bond acceptors (Lipinski definition) is 4. The maximum atomic E-state index is 12.7. The summed E-state index contributed by atoms with van der Waals surface area (Å²) in [7, 11) is -3.80. The Morgan fingerprint density at radius 3 is 2.46 bits per heavy atom. The largest absolute Gasteiger partial charge is 0.494 e. The molecule has 1 fully saturated rings. The van der Waals surface area contributed by atoms with Gasteiger partial charge < -0.3 is 9.64 Å². The molecule has 1 amide bonds. The summed E-state index contributed by atoms with van der Waals surface area (Å²) >= 11 is 0. The van der Waals surface area contributed by atoms with Gasteiger partial charge in [-0.1, -0.05) is 13.0 Å². The summed E-state index contributed by atoms with van der Waals surface area (Å²) in [4.78, 5) is 14.6. The summed E-state index contributed by atoms with van der Waals surface area (Å²) in [5.41, 5.74) is 0.828. The van der Waals surface area contributed by atoms with E-state index in [-0.39, 0.29) is 10.8 Å². The molecule has 1 heterocycles. The van der Waals surface area contributed by atoms with Crippen LogP contribution in [0.15, 0.2) is 53.4 Å². The Morgan fingerprint density at radius 1 is 1.14 bits per heavy atom. The van der Waals surface area contributed by atoms with Crippen LogP contribution in [0.1, 0.15) is 37.0 Å². The van der Waals surface area contributed by atoms with Crippen molar-refractivity contribution in [2.75, 3.05) is 24.4 Å². The smallest absolute Gasteiger partial charge is 0.261 e. The third-order valence-corrected chi connectivity index (χ3v) is 6.26. The Labute approximate surface area is 166 Å². The van der Waals surface area contributed by atoms with E-state index in [4.69, 9.17) is 4.74 Å². The lowest BCUT2D eigenvalue weighted by Crippen LogP contribution is -2.37. The topological polar surface area (TPSA) is 75.7 Å². The average Bonchev–Trinajstić information content (AvgIpc) is 2.70. The molecule has 0 atom stereocenters. The Morgan fingerprint density at radius 2 is 1.82 bits per heavy atom. The van der Waals surface area contributed by atoms with Gasteiger partial charge in [-0.05, 0) is 68.1 Å². The molecule has 3 rings (SSSR count). The first kappa shape index (κ1) is 20.2. The van der Waals surface area contributed by atoms with E-state index in [0.717, 1.165) is 12.8 Å². The van der Waals surface area contributed by atoms with Crippen molar-refractivity contribution in [1.29, 1.82) is 0 Å². The highest BCUT2D eigenvalue weighted by atomic mass is 32.2. The molecule has 0 saturated carbocycles. The molecule has 0 radical (unpaired) electrons. The summed E-state index contributed by atoms with van der Waals surface area (Å²) in [6, 6.07) is 12.9. The van der Waals surface area contributed by atoms with E-state index in [2.05, 4.69) is 11.6 Å². The number of nitrogens with zero attached hydrogens (tertiary/aromatic N) is 1. The number of carbonyl (C=O) groups excluding carboxylic acids is 1. The molecule has 0 spiro atoms. The van der Waals surface area contributed by atoms with Crippen molar-refractivity contribution in [2.45, 2.75) is 31.6 Å². The Bertz CT molecular complexity index is 918. The molecule has 1 saturated heterocycles. The summed E-state index contributed by atoms with van der Waals surface area (Å²) in [6.07, 6.45) is 1.95. The van der Waals surface area contributed by atoms with Crippen LogP contribution < -0.4 is 9.46 Å². The van der Waals surface area contributed by atoms with Crippen molar-refractivity contribution in [3.05, 3.63) is 54.1 Å². The highest BCUT2D eigenvalue weighted by Crippen LogP contribution is 2.22. The molecule has 2 aromatic carbocycles. The number of nitrogens with one attached hydrogen (secondary N) is 1. The number of benzene rings is 2. The van der Waals surface area contributed by atoms with E-state index in [1.165, 1.54) is 12.1 Å². The van der Waals surface area contributed by atoms with Crippen LogP contribution in [0.25, 0.3) is 0 Å². The number of piperidine rings is 1. The first-order valence-electron chi connectivity index (χ1n) is 9.54. The van der Waals surface area contributed by atoms with Gasteiger partial charge in [-0.25, -0.2) is 8.42 Å². The molecule has 0 unspecified atom stereocenters. The number of sulfonamides is 1. The van der Waals surface area contributed by atoms with Crippen LogP contribution in [-0.4, -0.2) is 38.9 Å². The molecule has 0 bridgehead atoms. The summed E-state index contributed by atoms with van der Waals surface area (Å²) in [5.74, 6) is 1.17. The van der Waals surface area contributed by atoms with E-state index < -0.39 is 10.0 Å². The first-order valence-corrected chi connectivity index (χ1v) is 11.0. The zero-order valence-corrected chi connectivity index (χ0v) is 17.0. The highest BCUT2D eigenvalue weighted by Gasteiger charge is 2.23. The van der Waals surface area contributed by atoms with Crippen molar-refractivity contribution in [3.8, 4) is 5.75 Å². The molecule has 1 aliphatic rings. The van der Waals surface area contributed by atoms with Gasteiger partial charge in [0.25, 0.3) is 15.9 Å². The molecule has 0 aliphatic carbocycles. The van der Waals surface area contributed by atoms with Gasteiger partial charge in [0.05, 0.1) is 11.5 Å². The Kier molecular flexibility index (Phi) is 6.24. The van der Waals surface area contributed by atoms with Gasteiger partial charge in [0.1, 0.15) is 5.75 Å². The van der Waals surface area contributed by atoms with Crippen molar-refractivity contribution >= 4 is 21.6 Å². The number of likely N-dealkylation sites (tertiary alicyclic amines) is 1. The summed E-state index contributed by atoms with van der Waals surface area (Å²) in [5, 5.41) is 0. The van der Waals surface area contributed by atoms with Crippen LogP contribution in [0.2, 0.25) is 0 Å². The van der Waals surface area contributed by atoms with Gasteiger partial charge in [-0.15, -0.1) is 0 Å². The van der Waals surface area contributed by atoms with Crippen molar-refractivity contribution < 1.29 is 17.9 Å². The second-order valence-corrected chi connectivity index (χ2v) is 8.75. The number of anilines is 1. The van der Waals surface area contributed by atoms with Gasteiger partial charge >= 0.3 is 0 Å². The second-order valence-electron chi connectivity index (χ2n) is 7.07. The van der Waals surface area contributed by atoms with Crippen LogP contribution in [0, 0.1) is 5.92 Å². The monoisotopic (exact) mass is 402 g/mol. The fourth-order valence-electron chi connectivity index (χ4n) is 3.19. The van der Waals surface area contributed by atoms with Crippen molar-refractivity contribution in [2.24, 2.45) is 5.92 Å². The number of hydrogen-bond donors (Lipinski definition) is 1. The quantitative estimate of drug-likeness (QED) is 0.798. The normalized spacial score (nSPS) is 15.3. The number of rotatable bonds is 6. The van der Waals surface area contributed by atoms with Crippen molar-refractivity contribution in [1.82, 2.24) is 4.90 Å². The average molecular weight is 403 g/mol. The number of carbonyl (C=O) groups is 1. The lowest BCUT2D eigenvalue weighted by Gasteiger charge is -2.30. The minimum absolute atomic E-state index is 0.0672. The molecule has 2 aromatic rings. The van der Waals surface area contributed by atoms with Gasteiger partial charge in [-0.3, -0.25) is 9.52 Å². The minimum Gasteiger partial charge on any atom is -0.494 e. The standard InChI is InChI=1S/C21H26N2O4S/c1-3-27-19-9-7-18(8-10-19)22-28(25,26)20-6-4-5-17(15-20)21(24)23-13-11-16(2)12-14-23/h4-10,15-16,22H,3,11-14H2,1-2H3. The van der Waals surface area contributed by atoms with E-state index in [0.29, 0.717) is 42.6 Å². The first-order chi connectivity index (χ1) is 13.4. The minimum atomic E-state index is -3.80. The lowest BCUT2D eigenvalue weighted by molar-refractivity contribution is 0.0697. The van der Waals surface area contributed by atoms with E-state index in [9.17, 15) is 13.2 Å². The van der Waals surface area contributed by atoms with Crippen molar-refractivity contribution in [3.63, 3.8) is 0 Å². The van der Waals surface area contributed by atoms with Crippen LogP contribution in [0.3, 0.4) is 0 Å². The predicted molar refractivity (Wildman–Crippen MR) is 109 cm³/mol. The third kappa shape index (κ3) is 4.84. The van der Waals surface area contributed by atoms with E-state index >= 15 is 0 Å². The molecule has 150 valence electrons. The zero-order valence-electron chi connectivity index (χ0n) is 16.2. The molecule has 6 nitrogen and oxygen atoms in total. The maximum absolute atomic E-state index is 12.7. The lowest BCUT2D eigenvalue weighted by atomic mass is 9.98. The summed E-state index contributed by atoms with van der Waals surface area (Å²) in [6.45, 7) is 6.03. The van der Waals surface area contributed by atoms with Crippen LogP contribution in [-0.2, 0) is 10.0 Å². The van der Waals surface area contributed by atoms with Crippen LogP contribution >= 0.6 is 0 Å². The summed E-state index contributed by atoms with van der Waals surface area (Å²) < 4.78 is 33.4. The number of amides is 1. The number of ether oxygens (including phenoxy) is 1. The SMILES string of the molecule is CCOc1ccc(NS(=O)(=O)c2cccc(C(=O)N3CCC(C)CC3)c2)cc1. The van der Waals surface area contributed by atoms with E-state index in [1.807, 2.05) is 6.92 Å². The molecule has 1 N–H and O–H groups in total. The fourth-order valence-corrected chi connectivity index (χ4v) is 4.29. The molecule has 1 aliphatic heterocycles. The third-order valence-electron chi connectivity index (χ3n) is 4.88. The molecular formula is C21H26N2O4S. The Balaban J connectivity index is 1.75. The van der Waals surface area contributed by atoms with Gasteiger partial charge in [0, 0.05) is 24.3 Å². The fraction of sp³-hybridized carbons (Fsp3) is 0.381. The molecule has 0 aromatic heterocycles. The van der Waals surface area contributed by atoms with Gasteiger partial charge in [-0.2, -0.15) is 0 Å². The van der Waals surface area contributed by atoms with E-state index in [1.54, 1.807) is 41.3 Å². The second kappa shape index (κ2) is 8.65. The van der Waals surface area contributed by atoms with Gasteiger partial charge in [0.2, 0.25) is 0 Å². The Hall–Kier alpha value is -2.54. The maximum Gasteiger partial charge on any atom is 0.261 e. The zero-order chi connectivity index (χ0) is 20.1. The van der Waals surface area contributed by atoms with Crippen LogP contribution in [0.4, 0.5) is 5.69 Å². The predicted octanol–water partition coefficient (Wildman–Crippen LogP) is 3.76. The molecule has 7 heteroatoms. The van der Waals surface area contributed by atoms with Gasteiger partial charge in [0.15, 0.2) is 0 Å². The molecule has 28 heavy (non-hydrogen) atoms.